The summed E-state index contributed by atoms with van der Waals surface area (Å²) in [6.45, 7) is 0. The van der Waals surface area contributed by atoms with Gasteiger partial charge >= 0.3 is 0 Å². The average Bonchev–Trinajstić information content (AvgIpc) is 2.80. The molecule has 0 aliphatic rings. The molecule has 0 N–H and O–H groups in total. The van der Waals surface area contributed by atoms with Gasteiger partial charge in [0.2, 0.25) is 0 Å². The first-order valence-corrected chi connectivity index (χ1v) is 11.1. The number of ketones is 1. The predicted molar refractivity (Wildman–Crippen MR) is 130 cm³/mol. The molecule has 0 amide bonds. The summed E-state index contributed by atoms with van der Waals surface area (Å²) in [6, 6.07) is 31.3. The van der Waals surface area contributed by atoms with Gasteiger partial charge in [0.15, 0.2) is 5.78 Å². The van der Waals surface area contributed by atoms with Gasteiger partial charge in [0.05, 0.1) is 12.0 Å². The van der Waals surface area contributed by atoms with Crippen LogP contribution in [0.25, 0.3) is 10.8 Å². The molecule has 0 unspecified atom stereocenters. The van der Waals surface area contributed by atoms with Crippen LogP contribution >= 0.6 is 27.5 Å². The molecule has 4 aromatic rings. The Hall–Kier alpha value is -2.93. The summed E-state index contributed by atoms with van der Waals surface area (Å²) in [7, 11) is 0. The molecule has 0 saturated heterocycles. The third-order valence-corrected chi connectivity index (χ3v) is 6.33. The molecule has 2 nitrogen and oxygen atoms in total. The molecule has 0 bridgehead atoms. The van der Waals surface area contributed by atoms with E-state index in [0.29, 0.717) is 10.6 Å². The fourth-order valence-corrected chi connectivity index (χ4v) is 4.28. The van der Waals surface area contributed by atoms with Crippen molar-refractivity contribution in [2.24, 2.45) is 0 Å². The SMILES string of the molecule is N#C[C@H](c1ccc(Cl)cc1)[C@H](CC(=O)c1ccc2ccccc2c1)c1ccc(Br)cc1. The number of hydrogen-bond acceptors (Lipinski definition) is 2. The zero-order valence-corrected chi connectivity index (χ0v) is 19.0. The first kappa shape index (κ1) is 21.3. The Morgan fingerprint density at radius 2 is 1.52 bits per heavy atom. The minimum absolute atomic E-state index is 0.0212. The highest BCUT2D eigenvalue weighted by molar-refractivity contribution is 9.10. The largest absolute Gasteiger partial charge is 0.294 e. The van der Waals surface area contributed by atoms with E-state index in [1.807, 2.05) is 78.9 Å². The van der Waals surface area contributed by atoms with E-state index < -0.39 is 5.92 Å². The van der Waals surface area contributed by atoms with Gasteiger partial charge in [-0.25, -0.2) is 0 Å². The summed E-state index contributed by atoms with van der Waals surface area (Å²) in [5.41, 5.74) is 2.47. The third-order valence-electron chi connectivity index (χ3n) is 5.55. The van der Waals surface area contributed by atoms with Gasteiger partial charge < -0.3 is 0 Å². The lowest BCUT2D eigenvalue weighted by Gasteiger charge is -2.23. The van der Waals surface area contributed by atoms with Crippen molar-refractivity contribution in [2.45, 2.75) is 18.3 Å². The molecule has 152 valence electrons. The summed E-state index contributed by atoms with van der Waals surface area (Å²) in [5, 5.41) is 12.8. The number of halogens is 2. The number of nitriles is 1. The van der Waals surface area contributed by atoms with Crippen LogP contribution in [-0.2, 0) is 0 Å². The van der Waals surface area contributed by atoms with Crippen LogP contribution in [0.3, 0.4) is 0 Å². The molecule has 0 radical (unpaired) electrons. The summed E-state index contributed by atoms with van der Waals surface area (Å²) in [4.78, 5) is 13.3. The van der Waals surface area contributed by atoms with Gasteiger partial charge in [0.25, 0.3) is 0 Å². The second-order valence-corrected chi connectivity index (χ2v) is 8.86. The Morgan fingerprint density at radius 3 is 2.19 bits per heavy atom. The van der Waals surface area contributed by atoms with Crippen LogP contribution in [0.4, 0.5) is 0 Å². The van der Waals surface area contributed by atoms with E-state index in [4.69, 9.17) is 11.6 Å². The van der Waals surface area contributed by atoms with Crippen molar-refractivity contribution in [1.82, 2.24) is 0 Å². The highest BCUT2D eigenvalue weighted by Gasteiger charge is 2.28. The second kappa shape index (κ2) is 9.47. The van der Waals surface area contributed by atoms with Crippen LogP contribution < -0.4 is 0 Å². The maximum absolute atomic E-state index is 13.3. The van der Waals surface area contributed by atoms with Crippen molar-refractivity contribution in [2.75, 3.05) is 0 Å². The minimum atomic E-state index is -0.470. The molecule has 4 heteroatoms. The van der Waals surface area contributed by atoms with E-state index >= 15 is 0 Å². The normalized spacial score (nSPS) is 12.8. The van der Waals surface area contributed by atoms with Crippen molar-refractivity contribution in [1.29, 1.82) is 5.26 Å². The van der Waals surface area contributed by atoms with Crippen LogP contribution in [0.5, 0.6) is 0 Å². The van der Waals surface area contributed by atoms with Gasteiger partial charge in [0.1, 0.15) is 0 Å². The fraction of sp³-hybridized carbons (Fsp3) is 0.111. The van der Waals surface area contributed by atoms with E-state index in [2.05, 4.69) is 22.0 Å². The molecule has 31 heavy (non-hydrogen) atoms. The van der Waals surface area contributed by atoms with Gasteiger partial charge in [-0.2, -0.15) is 5.26 Å². The fourth-order valence-electron chi connectivity index (χ4n) is 3.89. The van der Waals surface area contributed by atoms with E-state index in [1.54, 1.807) is 12.1 Å². The topological polar surface area (TPSA) is 40.9 Å². The number of carbonyl (C=O) groups excluding carboxylic acids is 1. The molecule has 0 aliphatic carbocycles. The lowest BCUT2D eigenvalue weighted by molar-refractivity contribution is 0.0972. The average molecular weight is 489 g/mol. The molecule has 0 saturated carbocycles. The first-order chi connectivity index (χ1) is 15.0. The summed E-state index contributed by atoms with van der Waals surface area (Å²) in [5.74, 6) is -0.728. The molecule has 0 spiro atoms. The Labute approximate surface area is 195 Å². The van der Waals surface area contributed by atoms with Crippen molar-refractivity contribution in [3.8, 4) is 6.07 Å². The standard InChI is InChI=1S/C27H19BrClNO/c28-23-11-7-19(8-12-23)25(26(17-30)20-9-13-24(29)14-10-20)16-27(31)22-6-5-18-3-1-2-4-21(18)15-22/h1-15,25-26H,16H2/t25-,26-/m1/s1. The lowest BCUT2D eigenvalue weighted by Crippen LogP contribution is -2.15. The van der Waals surface area contributed by atoms with E-state index in [9.17, 15) is 10.1 Å². The van der Waals surface area contributed by atoms with E-state index in [1.165, 1.54) is 0 Å². The van der Waals surface area contributed by atoms with E-state index in [0.717, 1.165) is 26.4 Å². The monoisotopic (exact) mass is 487 g/mol. The molecule has 0 fully saturated rings. The summed E-state index contributed by atoms with van der Waals surface area (Å²) >= 11 is 9.51. The van der Waals surface area contributed by atoms with Gasteiger partial charge in [-0.1, -0.05) is 88.2 Å². The molecule has 4 aromatic carbocycles. The van der Waals surface area contributed by atoms with Gasteiger partial charge in [-0.3, -0.25) is 4.79 Å². The molecule has 0 aliphatic heterocycles. The highest BCUT2D eigenvalue weighted by atomic mass is 79.9. The summed E-state index contributed by atoms with van der Waals surface area (Å²) in [6.07, 6.45) is 0.237. The Bertz CT molecular complexity index is 1260. The zero-order valence-electron chi connectivity index (χ0n) is 16.6. The Kier molecular flexibility index (Phi) is 6.51. The Morgan fingerprint density at radius 1 is 0.871 bits per heavy atom. The molecule has 0 heterocycles. The number of fused-ring (bicyclic) bond motifs is 1. The molecule has 4 rings (SSSR count). The van der Waals surface area contributed by atoms with Crippen molar-refractivity contribution in [3.05, 3.63) is 117 Å². The van der Waals surface area contributed by atoms with Crippen LogP contribution in [0.2, 0.25) is 5.02 Å². The molecular formula is C27H19BrClNO. The predicted octanol–water partition coefficient (Wildman–Crippen LogP) is 7.92. The van der Waals surface area contributed by atoms with Crippen LogP contribution in [0, 0.1) is 11.3 Å². The summed E-state index contributed by atoms with van der Waals surface area (Å²) < 4.78 is 0.954. The lowest BCUT2D eigenvalue weighted by atomic mass is 9.78. The number of Topliss-reactive ketones (excluding diaryl/α,β-unsaturated/α-hetero) is 1. The number of hydrogen-bond donors (Lipinski definition) is 0. The number of carbonyl (C=O) groups is 1. The maximum Gasteiger partial charge on any atom is 0.163 e. The first-order valence-electron chi connectivity index (χ1n) is 9.97. The zero-order chi connectivity index (χ0) is 21.8. The van der Waals surface area contributed by atoms with E-state index in [-0.39, 0.29) is 18.1 Å². The van der Waals surface area contributed by atoms with Gasteiger partial charge in [-0.05, 0) is 52.2 Å². The number of nitrogens with zero attached hydrogens (tertiary/aromatic N) is 1. The highest BCUT2D eigenvalue weighted by Crippen LogP contribution is 2.37. The minimum Gasteiger partial charge on any atom is -0.294 e. The van der Waals surface area contributed by atoms with Crippen LogP contribution in [-0.4, -0.2) is 5.78 Å². The quantitative estimate of drug-likeness (QED) is 0.259. The molecular weight excluding hydrogens is 470 g/mol. The molecule has 0 aromatic heterocycles. The van der Waals surface area contributed by atoms with Crippen LogP contribution in [0.15, 0.2) is 95.5 Å². The molecule has 2 atom stereocenters. The van der Waals surface area contributed by atoms with Gasteiger partial charge in [0, 0.05) is 27.4 Å². The number of benzene rings is 4. The Balaban J connectivity index is 1.71. The number of rotatable bonds is 6. The van der Waals surface area contributed by atoms with Crippen molar-refractivity contribution in [3.63, 3.8) is 0 Å². The smallest absolute Gasteiger partial charge is 0.163 e. The van der Waals surface area contributed by atoms with Crippen molar-refractivity contribution < 1.29 is 4.79 Å². The third kappa shape index (κ3) is 4.88. The van der Waals surface area contributed by atoms with Crippen molar-refractivity contribution >= 4 is 44.1 Å². The van der Waals surface area contributed by atoms with Gasteiger partial charge in [-0.15, -0.1) is 0 Å². The second-order valence-electron chi connectivity index (χ2n) is 7.51. The maximum atomic E-state index is 13.3. The van der Waals surface area contributed by atoms with Crippen LogP contribution in [0.1, 0.15) is 39.7 Å².